The van der Waals surface area contributed by atoms with Crippen LogP contribution in [0.15, 0.2) is 42.5 Å². The van der Waals surface area contributed by atoms with Gasteiger partial charge in [-0.25, -0.2) is 13.9 Å². The molecule has 27 heavy (non-hydrogen) atoms. The normalized spacial score (nSPS) is 10.6. The predicted octanol–water partition coefficient (Wildman–Crippen LogP) is 2.09. The summed E-state index contributed by atoms with van der Waals surface area (Å²) in [5.74, 6) is -0.615. The van der Waals surface area contributed by atoms with E-state index in [1.807, 2.05) is 0 Å². The second-order valence-corrected chi connectivity index (χ2v) is 6.08. The van der Waals surface area contributed by atoms with Gasteiger partial charge in [-0.1, -0.05) is 17.3 Å². The molecule has 0 saturated carbocycles. The van der Waals surface area contributed by atoms with E-state index in [2.05, 4.69) is 20.9 Å². The Morgan fingerprint density at radius 3 is 2.70 bits per heavy atom. The molecule has 9 heteroatoms. The molecule has 0 atom stereocenters. The number of amides is 3. The van der Waals surface area contributed by atoms with Gasteiger partial charge in [0, 0.05) is 26.2 Å². The highest BCUT2D eigenvalue weighted by atomic mass is 19.1. The Bertz CT molecular complexity index is 985. The van der Waals surface area contributed by atoms with Crippen molar-refractivity contribution in [3.8, 4) is 0 Å². The number of para-hydroxylation sites is 1. The van der Waals surface area contributed by atoms with E-state index in [4.69, 9.17) is 0 Å². The molecule has 0 unspecified atom stereocenters. The van der Waals surface area contributed by atoms with E-state index < -0.39 is 11.8 Å². The molecule has 0 bridgehead atoms. The van der Waals surface area contributed by atoms with Crippen molar-refractivity contribution in [2.75, 3.05) is 26.0 Å². The van der Waals surface area contributed by atoms with Crippen molar-refractivity contribution in [3.05, 3.63) is 53.8 Å². The molecule has 2 N–H and O–H groups in total. The number of hydrogen-bond acceptors (Lipinski definition) is 4. The molecule has 3 aromatic rings. The van der Waals surface area contributed by atoms with E-state index in [-0.39, 0.29) is 18.1 Å². The van der Waals surface area contributed by atoms with E-state index in [0.717, 1.165) is 5.52 Å². The fraction of sp³-hybridized carbons (Fsp3) is 0.222. The first kappa shape index (κ1) is 18.3. The zero-order valence-electron chi connectivity index (χ0n) is 14.9. The number of hydrogen-bond donors (Lipinski definition) is 2. The Hall–Kier alpha value is -3.49. The minimum Gasteiger partial charge on any atom is -0.345 e. The SMILES string of the molecule is CN(C)C(=O)c1ccc2c(c1)nnn2CCNC(=O)Nc1ccccc1F. The number of nitrogens with zero attached hydrogens (tertiary/aromatic N) is 4. The van der Waals surface area contributed by atoms with Crippen LogP contribution in [-0.4, -0.2) is 52.5 Å². The zero-order valence-corrected chi connectivity index (χ0v) is 14.9. The Kier molecular flexibility index (Phi) is 5.30. The van der Waals surface area contributed by atoms with Gasteiger partial charge in [0.1, 0.15) is 11.3 Å². The van der Waals surface area contributed by atoms with Crippen molar-refractivity contribution < 1.29 is 14.0 Å². The van der Waals surface area contributed by atoms with Crippen LogP contribution in [0, 0.1) is 5.82 Å². The third-order valence-corrected chi connectivity index (χ3v) is 3.90. The van der Waals surface area contributed by atoms with E-state index >= 15 is 0 Å². The molecule has 0 aliphatic rings. The van der Waals surface area contributed by atoms with Crippen molar-refractivity contribution in [3.63, 3.8) is 0 Å². The van der Waals surface area contributed by atoms with Crippen molar-refractivity contribution in [1.82, 2.24) is 25.2 Å². The summed E-state index contributed by atoms with van der Waals surface area (Å²) in [5.41, 5.74) is 1.99. The summed E-state index contributed by atoms with van der Waals surface area (Å²) in [6.07, 6.45) is 0. The average molecular weight is 370 g/mol. The number of benzene rings is 2. The lowest BCUT2D eigenvalue weighted by molar-refractivity contribution is 0.0827. The number of rotatable bonds is 5. The van der Waals surface area contributed by atoms with Crippen molar-refractivity contribution >= 4 is 28.7 Å². The first-order chi connectivity index (χ1) is 13.0. The Balaban J connectivity index is 1.60. The number of carbonyl (C=O) groups is 2. The fourth-order valence-corrected chi connectivity index (χ4v) is 2.53. The van der Waals surface area contributed by atoms with Crippen LogP contribution in [0.2, 0.25) is 0 Å². The monoisotopic (exact) mass is 370 g/mol. The summed E-state index contributed by atoms with van der Waals surface area (Å²) in [6.45, 7) is 0.652. The lowest BCUT2D eigenvalue weighted by Gasteiger charge is -2.10. The maximum atomic E-state index is 13.5. The summed E-state index contributed by atoms with van der Waals surface area (Å²) in [5, 5.41) is 13.2. The molecule has 0 aliphatic carbocycles. The molecule has 1 heterocycles. The van der Waals surface area contributed by atoms with E-state index in [1.165, 1.54) is 17.0 Å². The fourth-order valence-electron chi connectivity index (χ4n) is 2.53. The molecule has 3 amide bonds. The number of anilines is 1. The van der Waals surface area contributed by atoms with Crippen molar-refractivity contribution in [2.24, 2.45) is 0 Å². The third kappa shape index (κ3) is 4.20. The largest absolute Gasteiger partial charge is 0.345 e. The topological polar surface area (TPSA) is 92.2 Å². The molecule has 0 saturated heterocycles. The zero-order chi connectivity index (χ0) is 19.4. The van der Waals surface area contributed by atoms with Gasteiger partial charge in [0.2, 0.25) is 0 Å². The summed E-state index contributed by atoms with van der Waals surface area (Å²) >= 11 is 0. The van der Waals surface area contributed by atoms with Crippen LogP contribution >= 0.6 is 0 Å². The van der Waals surface area contributed by atoms with Gasteiger partial charge < -0.3 is 15.5 Å². The number of nitrogens with one attached hydrogen (secondary N) is 2. The van der Waals surface area contributed by atoms with Gasteiger partial charge >= 0.3 is 6.03 Å². The van der Waals surface area contributed by atoms with Crippen LogP contribution in [0.3, 0.4) is 0 Å². The number of halogens is 1. The standard InChI is InChI=1S/C18H19FN6O2/c1-24(2)17(26)12-7-8-16-15(11-12)22-23-25(16)10-9-20-18(27)21-14-6-4-3-5-13(14)19/h3-8,11H,9-10H2,1-2H3,(H2,20,21,27). The number of aromatic nitrogens is 3. The van der Waals surface area contributed by atoms with Crippen LogP contribution in [0.1, 0.15) is 10.4 Å². The summed E-state index contributed by atoms with van der Waals surface area (Å²) in [6, 6.07) is 10.6. The Morgan fingerprint density at radius 2 is 1.96 bits per heavy atom. The van der Waals surface area contributed by atoms with Crippen molar-refractivity contribution in [2.45, 2.75) is 6.54 Å². The van der Waals surface area contributed by atoms with Crippen LogP contribution in [0.4, 0.5) is 14.9 Å². The van der Waals surface area contributed by atoms with Gasteiger partial charge in [0.05, 0.1) is 17.7 Å². The minimum atomic E-state index is -0.511. The third-order valence-electron chi connectivity index (χ3n) is 3.90. The van der Waals surface area contributed by atoms with Gasteiger partial charge in [0.15, 0.2) is 0 Å². The molecule has 140 valence electrons. The Morgan fingerprint density at radius 1 is 1.19 bits per heavy atom. The maximum absolute atomic E-state index is 13.5. The van der Waals surface area contributed by atoms with E-state index in [0.29, 0.717) is 17.6 Å². The van der Waals surface area contributed by atoms with Crippen LogP contribution in [-0.2, 0) is 6.54 Å². The lowest BCUT2D eigenvalue weighted by atomic mass is 10.2. The van der Waals surface area contributed by atoms with E-state index in [1.54, 1.807) is 49.1 Å². The number of carbonyl (C=O) groups excluding carboxylic acids is 2. The van der Waals surface area contributed by atoms with Crippen LogP contribution in [0.25, 0.3) is 11.0 Å². The van der Waals surface area contributed by atoms with Crippen LogP contribution in [0.5, 0.6) is 0 Å². The first-order valence-corrected chi connectivity index (χ1v) is 8.30. The highest BCUT2D eigenvalue weighted by Gasteiger charge is 2.12. The highest BCUT2D eigenvalue weighted by molar-refractivity contribution is 5.97. The molecule has 3 rings (SSSR count). The summed E-state index contributed by atoms with van der Waals surface area (Å²) in [7, 11) is 3.36. The maximum Gasteiger partial charge on any atom is 0.319 e. The van der Waals surface area contributed by atoms with Gasteiger partial charge in [-0.15, -0.1) is 5.10 Å². The molecule has 0 spiro atoms. The smallest absolute Gasteiger partial charge is 0.319 e. The van der Waals surface area contributed by atoms with Crippen LogP contribution < -0.4 is 10.6 Å². The van der Waals surface area contributed by atoms with Gasteiger partial charge in [-0.3, -0.25) is 4.79 Å². The molecule has 2 aromatic carbocycles. The number of urea groups is 1. The van der Waals surface area contributed by atoms with E-state index in [9.17, 15) is 14.0 Å². The highest BCUT2D eigenvalue weighted by Crippen LogP contribution is 2.14. The molecular formula is C18H19FN6O2. The number of fused-ring (bicyclic) bond motifs is 1. The van der Waals surface area contributed by atoms with Crippen molar-refractivity contribution in [1.29, 1.82) is 0 Å². The quantitative estimate of drug-likeness (QED) is 0.719. The molecule has 0 aliphatic heterocycles. The molecule has 1 aromatic heterocycles. The summed E-state index contributed by atoms with van der Waals surface area (Å²) in [4.78, 5) is 25.4. The summed E-state index contributed by atoms with van der Waals surface area (Å²) < 4.78 is 15.1. The predicted molar refractivity (Wildman–Crippen MR) is 99.0 cm³/mol. The Labute approximate surface area is 155 Å². The molecule has 8 nitrogen and oxygen atoms in total. The second-order valence-electron chi connectivity index (χ2n) is 6.08. The van der Waals surface area contributed by atoms with Gasteiger partial charge in [-0.2, -0.15) is 0 Å². The van der Waals surface area contributed by atoms with Gasteiger partial charge in [0.25, 0.3) is 5.91 Å². The lowest BCUT2D eigenvalue weighted by Crippen LogP contribution is -2.32. The second kappa shape index (κ2) is 7.81. The molecule has 0 fully saturated rings. The first-order valence-electron chi connectivity index (χ1n) is 8.30. The average Bonchev–Trinajstić information content (AvgIpc) is 3.05. The molecule has 0 radical (unpaired) electrons. The molecular weight excluding hydrogens is 351 g/mol. The minimum absolute atomic E-state index is 0.110. The van der Waals surface area contributed by atoms with Gasteiger partial charge in [-0.05, 0) is 30.3 Å².